The van der Waals surface area contributed by atoms with E-state index >= 15 is 0 Å². The predicted octanol–water partition coefficient (Wildman–Crippen LogP) is 0.344. The van der Waals surface area contributed by atoms with Crippen LogP contribution in [0.1, 0.15) is 19.8 Å². The maximum absolute atomic E-state index is 11.9. The number of carboxylic acid groups (broad SMARTS) is 1. The molecule has 1 unspecified atom stereocenters. The summed E-state index contributed by atoms with van der Waals surface area (Å²) >= 11 is 0. The molecule has 1 aliphatic carbocycles. The Balaban J connectivity index is 2.64. The molecule has 0 aromatic rings. The summed E-state index contributed by atoms with van der Waals surface area (Å²) in [4.78, 5) is 24.3. The number of carbonyl (C=O) groups excluding carboxylic acids is 1. The Morgan fingerprint density at radius 3 is 2.40 bits per heavy atom. The number of ether oxygens (including phenoxy) is 1. The van der Waals surface area contributed by atoms with Crippen molar-refractivity contribution in [3.63, 3.8) is 0 Å². The molecular formula is C10H17NO4. The lowest BCUT2D eigenvalue weighted by atomic mass is 10.1. The number of hydrogen-bond donors (Lipinski definition) is 1. The Hall–Kier alpha value is -1.10. The van der Waals surface area contributed by atoms with Gasteiger partial charge in [-0.15, -0.1) is 0 Å². The number of aliphatic carboxylic acids is 1. The van der Waals surface area contributed by atoms with Crippen molar-refractivity contribution in [2.45, 2.75) is 25.8 Å². The van der Waals surface area contributed by atoms with Crippen LogP contribution in [0.5, 0.6) is 0 Å². The summed E-state index contributed by atoms with van der Waals surface area (Å²) in [5, 5.41) is 8.96. The molecule has 15 heavy (non-hydrogen) atoms. The molecule has 0 spiro atoms. The van der Waals surface area contributed by atoms with Crippen molar-refractivity contribution in [1.29, 1.82) is 0 Å². The lowest BCUT2D eigenvalue weighted by Gasteiger charge is -2.26. The van der Waals surface area contributed by atoms with Gasteiger partial charge in [0.05, 0.1) is 12.6 Å². The van der Waals surface area contributed by atoms with Gasteiger partial charge in [0, 0.05) is 14.2 Å². The van der Waals surface area contributed by atoms with Crippen LogP contribution in [-0.2, 0) is 14.3 Å². The third-order valence-electron chi connectivity index (χ3n) is 2.96. The number of hydrogen-bond acceptors (Lipinski definition) is 3. The van der Waals surface area contributed by atoms with E-state index in [0.717, 1.165) is 0 Å². The average molecular weight is 215 g/mol. The molecule has 0 aromatic heterocycles. The number of nitrogens with zero attached hydrogens (tertiary/aromatic N) is 1. The highest BCUT2D eigenvalue weighted by atomic mass is 16.5. The largest absolute Gasteiger partial charge is 0.480 e. The van der Waals surface area contributed by atoms with Gasteiger partial charge in [0.25, 0.3) is 0 Å². The minimum absolute atomic E-state index is 0.0978. The summed E-state index contributed by atoms with van der Waals surface area (Å²) in [6.07, 6.45) is 0.899. The highest BCUT2D eigenvalue weighted by Gasteiger charge is 2.58. The lowest BCUT2D eigenvalue weighted by Crippen LogP contribution is -2.44. The number of carbonyl (C=O) groups is 2. The molecule has 1 aliphatic rings. The standard InChI is InChI=1S/C10H17NO4/c1-7(6-15-3)11(2)8(12)10(4-5-10)9(13)14/h7H,4-6H2,1-3H3,(H,13,14). The van der Waals surface area contributed by atoms with E-state index in [0.29, 0.717) is 19.4 Å². The second kappa shape index (κ2) is 4.18. The third kappa shape index (κ3) is 2.12. The van der Waals surface area contributed by atoms with E-state index in [1.807, 2.05) is 6.92 Å². The summed E-state index contributed by atoms with van der Waals surface area (Å²) < 4.78 is 4.93. The molecule has 1 N–H and O–H groups in total. The first-order valence-electron chi connectivity index (χ1n) is 4.95. The van der Waals surface area contributed by atoms with E-state index < -0.39 is 11.4 Å². The maximum Gasteiger partial charge on any atom is 0.319 e. The predicted molar refractivity (Wildman–Crippen MR) is 53.4 cm³/mol. The number of carboxylic acids is 1. The topological polar surface area (TPSA) is 66.8 Å². The molecule has 0 bridgehead atoms. The highest BCUT2D eigenvalue weighted by molar-refractivity contribution is 6.04. The first kappa shape index (κ1) is 12.0. The summed E-state index contributed by atoms with van der Waals surface area (Å²) in [5.74, 6) is -1.32. The Labute approximate surface area is 89.0 Å². The highest BCUT2D eigenvalue weighted by Crippen LogP contribution is 2.47. The molecule has 5 nitrogen and oxygen atoms in total. The van der Waals surface area contributed by atoms with E-state index in [-0.39, 0.29) is 11.9 Å². The average Bonchev–Trinajstić information content (AvgIpc) is 2.96. The van der Waals surface area contributed by atoms with Crippen LogP contribution >= 0.6 is 0 Å². The molecular weight excluding hydrogens is 198 g/mol. The van der Waals surface area contributed by atoms with Crippen LogP contribution in [0.25, 0.3) is 0 Å². The minimum atomic E-state index is -1.14. The Bertz CT molecular complexity index is 273. The van der Waals surface area contributed by atoms with E-state index in [4.69, 9.17) is 9.84 Å². The van der Waals surface area contributed by atoms with Gasteiger partial charge < -0.3 is 14.7 Å². The number of amides is 1. The quantitative estimate of drug-likeness (QED) is 0.672. The molecule has 0 saturated heterocycles. The van der Waals surface area contributed by atoms with Crippen molar-refractivity contribution in [2.24, 2.45) is 5.41 Å². The van der Waals surface area contributed by atoms with Crippen LogP contribution in [0.4, 0.5) is 0 Å². The van der Waals surface area contributed by atoms with Gasteiger partial charge >= 0.3 is 5.97 Å². The molecule has 1 saturated carbocycles. The Morgan fingerprint density at radius 2 is 2.07 bits per heavy atom. The monoisotopic (exact) mass is 215 g/mol. The first-order chi connectivity index (χ1) is 6.95. The van der Waals surface area contributed by atoms with Crippen molar-refractivity contribution in [1.82, 2.24) is 4.90 Å². The fourth-order valence-electron chi connectivity index (χ4n) is 1.53. The van der Waals surface area contributed by atoms with E-state index in [1.165, 1.54) is 4.90 Å². The van der Waals surface area contributed by atoms with Crippen molar-refractivity contribution < 1.29 is 19.4 Å². The van der Waals surface area contributed by atoms with E-state index in [1.54, 1.807) is 14.2 Å². The SMILES string of the molecule is COCC(C)N(C)C(=O)C1(C(=O)O)CC1. The van der Waals surface area contributed by atoms with Gasteiger partial charge in [0.15, 0.2) is 0 Å². The van der Waals surface area contributed by atoms with Crippen LogP contribution in [0.2, 0.25) is 0 Å². The van der Waals surface area contributed by atoms with Gasteiger partial charge in [0.1, 0.15) is 5.41 Å². The summed E-state index contributed by atoms with van der Waals surface area (Å²) in [7, 11) is 3.17. The van der Waals surface area contributed by atoms with Crippen LogP contribution in [0.15, 0.2) is 0 Å². The van der Waals surface area contributed by atoms with E-state index in [9.17, 15) is 9.59 Å². The van der Waals surface area contributed by atoms with Gasteiger partial charge in [-0.05, 0) is 19.8 Å². The molecule has 1 fully saturated rings. The second-order valence-electron chi connectivity index (χ2n) is 4.11. The summed E-state index contributed by atoms with van der Waals surface area (Å²) in [6.45, 7) is 2.25. The van der Waals surface area contributed by atoms with Crippen LogP contribution in [0.3, 0.4) is 0 Å². The number of rotatable bonds is 5. The molecule has 1 amide bonds. The maximum atomic E-state index is 11.9. The normalized spacial score (nSPS) is 19.4. The molecule has 0 aromatic carbocycles. The van der Waals surface area contributed by atoms with Crippen molar-refractivity contribution in [2.75, 3.05) is 20.8 Å². The van der Waals surface area contributed by atoms with Crippen LogP contribution in [0, 0.1) is 5.41 Å². The summed E-state index contributed by atoms with van der Waals surface area (Å²) in [5.41, 5.74) is -1.14. The lowest BCUT2D eigenvalue weighted by molar-refractivity contribution is -0.154. The first-order valence-corrected chi connectivity index (χ1v) is 4.95. The van der Waals surface area contributed by atoms with Gasteiger partial charge in [-0.1, -0.05) is 0 Å². The molecule has 5 heteroatoms. The zero-order chi connectivity index (χ0) is 11.6. The zero-order valence-electron chi connectivity index (χ0n) is 9.32. The van der Waals surface area contributed by atoms with Crippen molar-refractivity contribution in [3.05, 3.63) is 0 Å². The van der Waals surface area contributed by atoms with Crippen molar-refractivity contribution in [3.8, 4) is 0 Å². The number of methoxy groups -OCH3 is 1. The number of likely N-dealkylation sites (N-methyl/N-ethyl adjacent to an activating group) is 1. The van der Waals surface area contributed by atoms with Gasteiger partial charge in [0.2, 0.25) is 5.91 Å². The molecule has 0 radical (unpaired) electrons. The molecule has 0 heterocycles. The third-order valence-corrected chi connectivity index (χ3v) is 2.96. The van der Waals surface area contributed by atoms with Crippen molar-refractivity contribution >= 4 is 11.9 Å². The van der Waals surface area contributed by atoms with Crippen LogP contribution < -0.4 is 0 Å². The Morgan fingerprint density at radius 1 is 1.53 bits per heavy atom. The summed E-state index contributed by atoms with van der Waals surface area (Å²) in [6, 6.07) is -0.0978. The smallest absolute Gasteiger partial charge is 0.319 e. The second-order valence-corrected chi connectivity index (χ2v) is 4.11. The zero-order valence-corrected chi connectivity index (χ0v) is 9.32. The molecule has 0 aliphatic heterocycles. The fourth-order valence-corrected chi connectivity index (χ4v) is 1.53. The van der Waals surface area contributed by atoms with Gasteiger partial charge in [-0.2, -0.15) is 0 Å². The molecule has 86 valence electrons. The van der Waals surface area contributed by atoms with E-state index in [2.05, 4.69) is 0 Å². The molecule has 1 atom stereocenters. The fraction of sp³-hybridized carbons (Fsp3) is 0.800. The Kier molecular flexibility index (Phi) is 3.34. The van der Waals surface area contributed by atoms with Crippen LogP contribution in [-0.4, -0.2) is 48.7 Å². The molecule has 1 rings (SSSR count). The minimum Gasteiger partial charge on any atom is -0.480 e. The van der Waals surface area contributed by atoms with Gasteiger partial charge in [-0.3, -0.25) is 9.59 Å². The van der Waals surface area contributed by atoms with Gasteiger partial charge in [-0.25, -0.2) is 0 Å².